The molecule has 0 radical (unpaired) electrons. The predicted molar refractivity (Wildman–Crippen MR) is 219 cm³/mol. The normalized spacial score (nSPS) is 11.8. The number of benzene rings is 8. The van der Waals surface area contributed by atoms with Gasteiger partial charge in [0, 0.05) is 59.0 Å². The van der Waals surface area contributed by atoms with Crippen LogP contribution >= 0.6 is 11.3 Å². The summed E-state index contributed by atoms with van der Waals surface area (Å²) in [5, 5.41) is 7.13. The molecule has 0 aliphatic rings. The van der Waals surface area contributed by atoms with Crippen LogP contribution in [0.3, 0.4) is 0 Å². The quantitative estimate of drug-likeness (QED) is 0.181. The van der Waals surface area contributed by atoms with Gasteiger partial charge in [-0.3, -0.25) is 0 Å². The Bertz CT molecular complexity index is 3140. The minimum atomic E-state index is 0.617. The maximum Gasteiger partial charge on any atom is 0.227 e. The zero-order chi connectivity index (χ0) is 34.2. The maximum atomic E-state index is 6.42. The molecule has 0 aliphatic heterocycles. The molecule has 0 saturated carbocycles. The lowest BCUT2D eigenvalue weighted by molar-refractivity contribution is 0.620. The zero-order valence-electron chi connectivity index (χ0n) is 27.9. The van der Waals surface area contributed by atoms with Gasteiger partial charge in [-0.25, -0.2) is 4.98 Å². The first-order chi connectivity index (χ1) is 25.8. The van der Waals surface area contributed by atoms with Gasteiger partial charge in [0.15, 0.2) is 5.58 Å². The van der Waals surface area contributed by atoms with Crippen LogP contribution in [0.1, 0.15) is 0 Å². The highest BCUT2D eigenvalue weighted by molar-refractivity contribution is 7.25. The van der Waals surface area contributed by atoms with Crippen molar-refractivity contribution >= 4 is 92.2 Å². The number of fused-ring (bicyclic) bond motifs is 9. The molecule has 0 unspecified atom stereocenters. The number of rotatable bonds is 5. The first-order valence-corrected chi connectivity index (χ1v) is 18.3. The molecule has 3 aromatic heterocycles. The summed E-state index contributed by atoms with van der Waals surface area (Å²) in [6.07, 6.45) is 0. The number of aromatic nitrogens is 2. The first-order valence-electron chi connectivity index (χ1n) is 17.5. The van der Waals surface area contributed by atoms with Crippen molar-refractivity contribution in [2.24, 2.45) is 0 Å². The van der Waals surface area contributed by atoms with E-state index in [9.17, 15) is 0 Å². The van der Waals surface area contributed by atoms with Crippen LogP contribution in [-0.2, 0) is 0 Å². The standard InChI is InChI=1S/C47H29N3OS/c1-3-12-31(13-4-1)47-48-46-42(51-47)27-22-30-14-11-20-41(45(30)46)49(34-23-25-37-36-18-8-10-21-43(36)52-44(37)29-34)33-24-26-40-38(28-33)35-17-7-9-19-39(35)50(40)32-15-5-2-6-16-32/h1-29H. The van der Waals surface area contributed by atoms with Crippen molar-refractivity contribution in [2.75, 3.05) is 4.90 Å². The second kappa shape index (κ2) is 11.4. The summed E-state index contributed by atoms with van der Waals surface area (Å²) < 4.78 is 11.3. The zero-order valence-corrected chi connectivity index (χ0v) is 28.7. The molecule has 244 valence electrons. The van der Waals surface area contributed by atoms with Gasteiger partial charge in [0.1, 0.15) is 5.52 Å². The van der Waals surface area contributed by atoms with Crippen LogP contribution in [0.4, 0.5) is 17.1 Å². The van der Waals surface area contributed by atoms with E-state index in [4.69, 9.17) is 9.40 Å². The molecule has 0 spiro atoms. The molecule has 11 aromatic rings. The molecule has 52 heavy (non-hydrogen) atoms. The van der Waals surface area contributed by atoms with Crippen LogP contribution in [-0.4, -0.2) is 9.55 Å². The predicted octanol–water partition coefficient (Wildman–Crippen LogP) is 13.6. The molecule has 0 N–H and O–H groups in total. The van der Waals surface area contributed by atoms with Crippen LogP contribution in [0.15, 0.2) is 180 Å². The molecule has 3 heterocycles. The SMILES string of the molecule is c1ccc(-c2nc3c(ccc4cccc(N(c5ccc6c(c5)sc5ccccc56)c5ccc6c(c5)c5ccccc5n6-c5ccccc5)c43)o2)cc1. The van der Waals surface area contributed by atoms with Gasteiger partial charge in [0.05, 0.1) is 16.7 Å². The van der Waals surface area contributed by atoms with E-state index < -0.39 is 0 Å². The highest BCUT2D eigenvalue weighted by Crippen LogP contribution is 2.46. The Hall–Kier alpha value is -6.69. The molecule has 5 heteroatoms. The molecule has 4 nitrogen and oxygen atoms in total. The average molecular weight is 684 g/mol. The first kappa shape index (κ1) is 29.1. The van der Waals surface area contributed by atoms with Crippen LogP contribution < -0.4 is 4.90 Å². The van der Waals surface area contributed by atoms with Crippen molar-refractivity contribution in [2.45, 2.75) is 0 Å². The average Bonchev–Trinajstić information content (AvgIpc) is 3.90. The number of para-hydroxylation sites is 2. The second-order valence-corrected chi connectivity index (χ2v) is 14.3. The smallest absolute Gasteiger partial charge is 0.227 e. The number of thiophene rings is 1. The van der Waals surface area contributed by atoms with Crippen LogP contribution in [0.25, 0.3) is 81.0 Å². The van der Waals surface area contributed by atoms with Gasteiger partial charge >= 0.3 is 0 Å². The Morgan fingerprint density at radius 1 is 0.519 bits per heavy atom. The van der Waals surface area contributed by atoms with Crippen molar-refractivity contribution < 1.29 is 4.42 Å². The fourth-order valence-corrected chi connectivity index (χ4v) is 9.01. The van der Waals surface area contributed by atoms with Gasteiger partial charge in [0.25, 0.3) is 0 Å². The molecule has 0 bridgehead atoms. The van der Waals surface area contributed by atoms with E-state index in [-0.39, 0.29) is 0 Å². The Morgan fingerprint density at radius 3 is 2.12 bits per heavy atom. The molecule has 8 aromatic carbocycles. The lowest BCUT2D eigenvalue weighted by Gasteiger charge is -2.27. The number of nitrogens with zero attached hydrogens (tertiary/aromatic N) is 3. The number of hydrogen-bond acceptors (Lipinski definition) is 4. The Morgan fingerprint density at radius 2 is 1.23 bits per heavy atom. The van der Waals surface area contributed by atoms with E-state index in [0.29, 0.717) is 5.89 Å². The largest absolute Gasteiger partial charge is 0.436 e. The van der Waals surface area contributed by atoms with Crippen LogP contribution in [0.2, 0.25) is 0 Å². The van der Waals surface area contributed by atoms with E-state index >= 15 is 0 Å². The summed E-state index contributed by atoms with van der Waals surface area (Å²) >= 11 is 1.84. The summed E-state index contributed by atoms with van der Waals surface area (Å²) in [5.41, 5.74) is 9.26. The van der Waals surface area contributed by atoms with Crippen LogP contribution in [0, 0.1) is 0 Å². The summed E-state index contributed by atoms with van der Waals surface area (Å²) in [5.74, 6) is 0.617. The third kappa shape index (κ3) is 4.43. The Kier molecular flexibility index (Phi) is 6.39. The molecule has 11 rings (SSSR count). The highest BCUT2D eigenvalue weighted by Gasteiger charge is 2.22. The van der Waals surface area contributed by atoms with Gasteiger partial charge < -0.3 is 13.9 Å². The van der Waals surface area contributed by atoms with Gasteiger partial charge in [0.2, 0.25) is 5.89 Å². The lowest BCUT2D eigenvalue weighted by atomic mass is 10.0. The number of hydrogen-bond donors (Lipinski definition) is 0. The lowest BCUT2D eigenvalue weighted by Crippen LogP contribution is -2.10. The molecule has 0 saturated heterocycles. The van der Waals surface area contributed by atoms with E-state index in [1.807, 2.05) is 47.7 Å². The summed E-state index contributed by atoms with van der Waals surface area (Å²) in [7, 11) is 0. The van der Waals surface area contributed by atoms with Crippen molar-refractivity contribution in [3.63, 3.8) is 0 Å². The van der Waals surface area contributed by atoms with Crippen molar-refractivity contribution in [3.8, 4) is 17.1 Å². The van der Waals surface area contributed by atoms with Crippen LogP contribution in [0.5, 0.6) is 0 Å². The van der Waals surface area contributed by atoms with Gasteiger partial charge in [-0.05, 0) is 84.2 Å². The third-order valence-corrected chi connectivity index (χ3v) is 11.3. The van der Waals surface area contributed by atoms with Gasteiger partial charge in [-0.2, -0.15) is 0 Å². The molecule has 0 fully saturated rings. The number of oxazole rings is 1. The van der Waals surface area contributed by atoms with E-state index in [1.165, 1.54) is 42.0 Å². The van der Waals surface area contributed by atoms with E-state index in [1.54, 1.807) is 0 Å². The summed E-state index contributed by atoms with van der Waals surface area (Å²) in [6, 6.07) is 62.6. The second-order valence-electron chi connectivity index (χ2n) is 13.2. The van der Waals surface area contributed by atoms with Gasteiger partial charge in [-0.1, -0.05) is 97.1 Å². The fraction of sp³-hybridized carbons (Fsp3) is 0. The van der Waals surface area contributed by atoms with E-state index in [0.717, 1.165) is 50.2 Å². The molecular formula is C47H29N3OS. The Labute approximate surface area is 303 Å². The molecule has 0 atom stereocenters. The van der Waals surface area contributed by atoms with Crippen molar-refractivity contribution in [1.29, 1.82) is 0 Å². The highest BCUT2D eigenvalue weighted by atomic mass is 32.1. The monoisotopic (exact) mass is 683 g/mol. The topological polar surface area (TPSA) is 34.2 Å². The minimum Gasteiger partial charge on any atom is -0.436 e. The molecule has 0 amide bonds. The molecule has 0 aliphatic carbocycles. The van der Waals surface area contributed by atoms with Crippen molar-refractivity contribution in [3.05, 3.63) is 176 Å². The third-order valence-electron chi connectivity index (χ3n) is 10.2. The Balaban J connectivity index is 1.20. The summed E-state index contributed by atoms with van der Waals surface area (Å²) in [4.78, 5) is 7.55. The maximum absolute atomic E-state index is 6.42. The number of anilines is 3. The van der Waals surface area contributed by atoms with E-state index in [2.05, 4.69) is 149 Å². The molecular weight excluding hydrogens is 655 g/mol. The van der Waals surface area contributed by atoms with Gasteiger partial charge in [-0.15, -0.1) is 11.3 Å². The minimum absolute atomic E-state index is 0.617. The van der Waals surface area contributed by atoms with Crippen molar-refractivity contribution in [1.82, 2.24) is 9.55 Å². The fourth-order valence-electron chi connectivity index (χ4n) is 7.87. The summed E-state index contributed by atoms with van der Waals surface area (Å²) in [6.45, 7) is 0.